The summed E-state index contributed by atoms with van der Waals surface area (Å²) in [6, 6.07) is 0. The zero-order valence-corrected chi connectivity index (χ0v) is 13.7. The molecule has 0 aromatic rings. The molecule has 0 aliphatic heterocycles. The molecule has 10 heteroatoms. The lowest BCUT2D eigenvalue weighted by Gasteiger charge is -2.06. The Morgan fingerprint density at radius 3 is 1.33 bits per heavy atom. The van der Waals surface area contributed by atoms with Crippen LogP contribution in [0.2, 0.25) is 0 Å². The third-order valence-corrected chi connectivity index (χ3v) is 2.97. The third kappa shape index (κ3) is 8.01. The average molecular weight is 342 g/mol. The van der Waals surface area contributed by atoms with Gasteiger partial charge in [-0.05, 0) is 37.0 Å². The molecule has 0 unspecified atom stereocenters. The molecule has 0 aromatic heterocycles. The van der Waals surface area contributed by atoms with E-state index < -0.39 is 34.7 Å². The molecule has 0 bridgehead atoms. The van der Waals surface area contributed by atoms with Crippen molar-refractivity contribution >= 4 is 11.8 Å². The van der Waals surface area contributed by atoms with E-state index in [1.807, 2.05) is 0 Å². The summed E-state index contributed by atoms with van der Waals surface area (Å²) in [6.45, 7) is 3.04. The van der Waals surface area contributed by atoms with Crippen molar-refractivity contribution in [3.05, 3.63) is 32.7 Å². The van der Waals surface area contributed by atoms with Crippen LogP contribution in [0.5, 0.6) is 0 Å². The number of hydrogen-bond donors (Lipinski definition) is 4. The first-order valence-corrected chi connectivity index (χ1v) is 7.37. The van der Waals surface area contributed by atoms with Gasteiger partial charge in [-0.25, -0.2) is 0 Å². The summed E-state index contributed by atoms with van der Waals surface area (Å²) in [4.78, 5) is 43.6. The van der Waals surface area contributed by atoms with E-state index in [2.05, 4.69) is 21.0 Å². The van der Waals surface area contributed by atoms with Crippen molar-refractivity contribution in [2.75, 3.05) is 13.1 Å². The zero-order valence-electron chi connectivity index (χ0n) is 13.7. The van der Waals surface area contributed by atoms with Crippen molar-refractivity contribution in [2.45, 2.75) is 39.5 Å². The molecular formula is C14H22N4O6. The van der Waals surface area contributed by atoms with Crippen LogP contribution in [0.3, 0.4) is 0 Å². The maximum Gasteiger partial charge on any atom is 0.277 e. The number of aliphatic hydroxyl groups excluding tert-OH is 2. The van der Waals surface area contributed by atoms with E-state index in [1.54, 1.807) is 0 Å². The molecule has 0 spiro atoms. The highest BCUT2D eigenvalue weighted by atomic mass is 16.3. The summed E-state index contributed by atoms with van der Waals surface area (Å²) in [7, 11) is 0. The molecule has 0 heterocycles. The number of aliphatic hydroxyl groups is 2. The van der Waals surface area contributed by atoms with Crippen LogP contribution in [0.1, 0.15) is 39.5 Å². The summed E-state index contributed by atoms with van der Waals surface area (Å²) in [5.74, 6) is -2.32. The van der Waals surface area contributed by atoms with Gasteiger partial charge in [0.15, 0.2) is 0 Å². The van der Waals surface area contributed by atoms with E-state index >= 15 is 0 Å². The minimum Gasteiger partial charge on any atom is -0.510 e. The van der Waals surface area contributed by atoms with Gasteiger partial charge in [0.25, 0.3) is 11.8 Å². The molecule has 0 saturated carbocycles. The number of carbonyl (C=O) groups is 2. The summed E-state index contributed by atoms with van der Waals surface area (Å²) in [5.41, 5.74) is -1.07. The number of unbranched alkanes of at least 4 members (excludes halogenated alkanes) is 3. The van der Waals surface area contributed by atoms with E-state index in [-0.39, 0.29) is 0 Å². The van der Waals surface area contributed by atoms with Gasteiger partial charge in [-0.2, -0.15) is 0 Å². The number of nitroso groups, excluding NO2 is 2. The van der Waals surface area contributed by atoms with Crippen LogP contribution < -0.4 is 10.6 Å². The molecule has 0 atom stereocenters. The standard InChI is InChI=1S/C14H22N4O6/c1-9(19)11(17-23)13(21)15-7-5-3-4-6-8-16-14(22)12(18-24)10(2)20/h19-20H,3-8H2,1-2H3,(H,15,21)(H,16,22)/b11-9+,12-10+. The largest absolute Gasteiger partial charge is 0.510 e. The van der Waals surface area contributed by atoms with Crippen LogP contribution in [-0.4, -0.2) is 35.1 Å². The second-order valence-electron chi connectivity index (χ2n) is 4.98. The molecule has 0 aliphatic rings. The highest BCUT2D eigenvalue weighted by molar-refractivity contribution is 5.93. The molecule has 0 saturated heterocycles. The highest BCUT2D eigenvalue weighted by Crippen LogP contribution is 2.04. The Bertz CT molecular complexity index is 485. The molecule has 24 heavy (non-hydrogen) atoms. The van der Waals surface area contributed by atoms with Gasteiger partial charge in [0, 0.05) is 13.1 Å². The van der Waals surface area contributed by atoms with Gasteiger partial charge < -0.3 is 20.8 Å². The molecule has 0 radical (unpaired) electrons. The van der Waals surface area contributed by atoms with Crippen molar-refractivity contribution in [1.82, 2.24) is 10.6 Å². The van der Waals surface area contributed by atoms with Crippen LogP contribution in [0, 0.1) is 9.81 Å². The fourth-order valence-corrected chi connectivity index (χ4v) is 1.72. The lowest BCUT2D eigenvalue weighted by Crippen LogP contribution is -2.26. The van der Waals surface area contributed by atoms with E-state index in [0.717, 1.165) is 12.8 Å². The molecule has 0 aromatic carbocycles. The molecule has 0 rings (SSSR count). The SMILES string of the molecule is C/C(O)=C(\N=O)C(=O)NCCCCCCNC(=O)/C(N=O)=C(/C)O. The monoisotopic (exact) mass is 342 g/mol. The fourth-order valence-electron chi connectivity index (χ4n) is 1.72. The first kappa shape index (κ1) is 21.2. The summed E-state index contributed by atoms with van der Waals surface area (Å²) in [5, 5.41) is 27.9. The molecule has 2 amide bonds. The van der Waals surface area contributed by atoms with Crippen LogP contribution in [0.25, 0.3) is 0 Å². The van der Waals surface area contributed by atoms with Crippen molar-refractivity contribution in [1.29, 1.82) is 0 Å². The van der Waals surface area contributed by atoms with Crippen LogP contribution in [0.4, 0.5) is 0 Å². The van der Waals surface area contributed by atoms with Gasteiger partial charge in [-0.1, -0.05) is 12.8 Å². The quantitative estimate of drug-likeness (QED) is 0.194. The topological polar surface area (TPSA) is 158 Å². The van der Waals surface area contributed by atoms with Crippen LogP contribution >= 0.6 is 0 Å². The Kier molecular flexibility index (Phi) is 10.4. The lowest BCUT2D eigenvalue weighted by atomic mass is 10.2. The number of rotatable bonds is 11. The molecular weight excluding hydrogens is 320 g/mol. The fraction of sp³-hybridized carbons (Fsp3) is 0.571. The van der Waals surface area contributed by atoms with Gasteiger partial charge in [0.1, 0.15) is 11.5 Å². The van der Waals surface area contributed by atoms with Gasteiger partial charge in [-0.3, -0.25) is 9.59 Å². The predicted octanol–water partition coefficient (Wildman–Crippen LogP) is 1.89. The summed E-state index contributed by atoms with van der Waals surface area (Å²) < 4.78 is 0. The van der Waals surface area contributed by atoms with Crippen molar-refractivity contribution < 1.29 is 19.8 Å². The predicted molar refractivity (Wildman–Crippen MR) is 86.7 cm³/mol. The summed E-state index contributed by atoms with van der Waals surface area (Å²) in [6.07, 6.45) is 2.81. The Morgan fingerprint density at radius 2 is 1.08 bits per heavy atom. The molecule has 134 valence electrons. The van der Waals surface area contributed by atoms with Crippen LogP contribution in [-0.2, 0) is 9.59 Å². The zero-order chi connectivity index (χ0) is 18.5. The highest BCUT2D eigenvalue weighted by Gasteiger charge is 2.13. The van der Waals surface area contributed by atoms with E-state index in [1.165, 1.54) is 13.8 Å². The number of carbonyl (C=O) groups excluding carboxylic acids is 2. The van der Waals surface area contributed by atoms with Crippen molar-refractivity contribution in [2.24, 2.45) is 10.4 Å². The third-order valence-electron chi connectivity index (χ3n) is 2.97. The summed E-state index contributed by atoms with van der Waals surface area (Å²) >= 11 is 0. The minimum atomic E-state index is -0.725. The molecule has 4 N–H and O–H groups in total. The Hall–Kier alpha value is -2.78. The van der Waals surface area contributed by atoms with Gasteiger partial charge in [0.2, 0.25) is 11.4 Å². The molecule has 0 aliphatic carbocycles. The van der Waals surface area contributed by atoms with Gasteiger partial charge in [0.05, 0.1) is 0 Å². The average Bonchev–Trinajstić information content (AvgIpc) is 2.50. The lowest BCUT2D eigenvalue weighted by molar-refractivity contribution is -0.118. The van der Waals surface area contributed by atoms with Gasteiger partial charge in [-0.15, -0.1) is 9.81 Å². The molecule has 10 nitrogen and oxygen atoms in total. The van der Waals surface area contributed by atoms with E-state index in [4.69, 9.17) is 10.2 Å². The van der Waals surface area contributed by atoms with Crippen LogP contribution in [0.15, 0.2) is 33.3 Å². The normalized spacial score (nSPS) is 12.6. The van der Waals surface area contributed by atoms with Crippen molar-refractivity contribution in [3.63, 3.8) is 0 Å². The second-order valence-corrected chi connectivity index (χ2v) is 4.98. The molecule has 0 fully saturated rings. The minimum absolute atomic E-state index is 0.323. The maximum absolute atomic E-state index is 11.4. The number of allylic oxidation sites excluding steroid dienone is 2. The number of hydrogen-bond acceptors (Lipinski definition) is 8. The van der Waals surface area contributed by atoms with E-state index in [0.29, 0.717) is 25.9 Å². The maximum atomic E-state index is 11.4. The number of amides is 2. The first-order valence-electron chi connectivity index (χ1n) is 7.37. The first-order chi connectivity index (χ1) is 11.3. The number of nitrogens with one attached hydrogen (secondary N) is 2. The van der Waals surface area contributed by atoms with Gasteiger partial charge >= 0.3 is 0 Å². The van der Waals surface area contributed by atoms with E-state index in [9.17, 15) is 19.4 Å². The number of nitrogens with zero attached hydrogens (tertiary/aromatic N) is 2. The Morgan fingerprint density at radius 1 is 0.750 bits per heavy atom. The Labute approximate surface area is 139 Å². The smallest absolute Gasteiger partial charge is 0.277 e. The Balaban J connectivity index is 3.83. The second kappa shape index (κ2) is 11.7. The van der Waals surface area contributed by atoms with Crippen molar-refractivity contribution in [3.8, 4) is 0 Å².